The predicted molar refractivity (Wildman–Crippen MR) is 106 cm³/mol. The Labute approximate surface area is 170 Å². The van der Waals surface area contributed by atoms with Gasteiger partial charge in [-0.2, -0.15) is 14.9 Å². The molecule has 0 bridgehead atoms. The maximum absolute atomic E-state index is 12.8. The van der Waals surface area contributed by atoms with Gasteiger partial charge in [0.05, 0.1) is 53.4 Å². The summed E-state index contributed by atoms with van der Waals surface area (Å²) in [7, 11) is 1.77. The summed E-state index contributed by atoms with van der Waals surface area (Å²) in [4.78, 5) is 35.2. The third-order valence-electron chi connectivity index (χ3n) is 4.49. The molecule has 0 spiro atoms. The molecule has 0 fully saturated rings. The molecule has 0 saturated carbocycles. The Bertz CT molecular complexity index is 1090. The highest BCUT2D eigenvalue weighted by Crippen LogP contribution is 2.19. The molecular weight excluding hydrogens is 394 g/mol. The van der Waals surface area contributed by atoms with E-state index in [0.29, 0.717) is 12.2 Å². The molecule has 0 aromatic carbocycles. The van der Waals surface area contributed by atoms with Crippen molar-refractivity contribution in [1.82, 2.24) is 29.3 Å². The van der Waals surface area contributed by atoms with Gasteiger partial charge in [0.15, 0.2) is 0 Å². The topological polar surface area (TPSA) is 155 Å². The standard InChI is InChI=1S/C17H21N9O4/c1-4-25-16(17(28)21-12-9-18-23(3)11(12)2)13(10-19-25)20-15(27)6-8-24-7-5-14(22-24)26(29)30/h5,7,9-10H,4,6,8H2,1-3H3,(H,20,27)(H,21,28). The first-order valence-electron chi connectivity index (χ1n) is 9.13. The van der Waals surface area contributed by atoms with Crippen LogP contribution in [0.1, 0.15) is 29.5 Å². The fourth-order valence-electron chi connectivity index (χ4n) is 2.76. The zero-order valence-electron chi connectivity index (χ0n) is 16.7. The van der Waals surface area contributed by atoms with Crippen LogP contribution in [0.2, 0.25) is 0 Å². The van der Waals surface area contributed by atoms with Gasteiger partial charge < -0.3 is 20.7 Å². The lowest BCUT2D eigenvalue weighted by molar-refractivity contribution is -0.389. The summed E-state index contributed by atoms with van der Waals surface area (Å²) in [5, 5.41) is 28.1. The molecule has 3 heterocycles. The van der Waals surface area contributed by atoms with Gasteiger partial charge in [-0.05, 0) is 18.8 Å². The highest BCUT2D eigenvalue weighted by Gasteiger charge is 2.21. The summed E-state index contributed by atoms with van der Waals surface area (Å²) in [6.45, 7) is 4.23. The largest absolute Gasteiger partial charge is 0.389 e. The molecule has 0 aliphatic rings. The monoisotopic (exact) mass is 415 g/mol. The minimum absolute atomic E-state index is 0.0128. The van der Waals surface area contributed by atoms with Crippen molar-refractivity contribution in [1.29, 1.82) is 0 Å². The van der Waals surface area contributed by atoms with Crippen LogP contribution in [0.5, 0.6) is 0 Å². The van der Waals surface area contributed by atoms with Crippen molar-refractivity contribution >= 4 is 29.0 Å². The van der Waals surface area contributed by atoms with Gasteiger partial charge in [-0.1, -0.05) is 0 Å². The molecule has 2 N–H and O–H groups in total. The Morgan fingerprint density at radius 3 is 2.53 bits per heavy atom. The summed E-state index contributed by atoms with van der Waals surface area (Å²) in [5.41, 5.74) is 1.82. The van der Waals surface area contributed by atoms with Crippen LogP contribution in [-0.4, -0.2) is 46.1 Å². The smallest absolute Gasteiger partial charge is 0.358 e. The fraction of sp³-hybridized carbons (Fsp3) is 0.353. The maximum Gasteiger partial charge on any atom is 0.389 e. The number of hydrogen-bond donors (Lipinski definition) is 2. The summed E-state index contributed by atoms with van der Waals surface area (Å²) in [5.74, 6) is -1.09. The molecule has 158 valence electrons. The second kappa shape index (κ2) is 8.55. The summed E-state index contributed by atoms with van der Waals surface area (Å²) >= 11 is 0. The highest BCUT2D eigenvalue weighted by atomic mass is 16.6. The number of aromatic nitrogens is 6. The Morgan fingerprint density at radius 1 is 1.20 bits per heavy atom. The van der Waals surface area contributed by atoms with E-state index in [1.54, 1.807) is 17.9 Å². The number of hydrogen-bond acceptors (Lipinski definition) is 7. The second-order valence-corrected chi connectivity index (χ2v) is 6.44. The molecule has 0 atom stereocenters. The quantitative estimate of drug-likeness (QED) is 0.415. The number of aryl methyl sites for hydroxylation is 3. The molecule has 0 radical (unpaired) electrons. The van der Waals surface area contributed by atoms with Gasteiger partial charge in [0.25, 0.3) is 5.91 Å². The van der Waals surface area contributed by atoms with Crippen LogP contribution in [0.15, 0.2) is 24.7 Å². The fourth-order valence-corrected chi connectivity index (χ4v) is 2.76. The molecule has 2 amide bonds. The molecule has 3 aromatic rings. The van der Waals surface area contributed by atoms with Gasteiger partial charge in [-0.15, -0.1) is 0 Å². The number of carbonyl (C=O) groups is 2. The second-order valence-electron chi connectivity index (χ2n) is 6.44. The minimum Gasteiger partial charge on any atom is -0.358 e. The van der Waals surface area contributed by atoms with Crippen molar-refractivity contribution in [3.63, 3.8) is 0 Å². The van der Waals surface area contributed by atoms with Crippen molar-refractivity contribution in [2.45, 2.75) is 33.4 Å². The van der Waals surface area contributed by atoms with Crippen LogP contribution < -0.4 is 10.6 Å². The first-order valence-corrected chi connectivity index (χ1v) is 9.13. The van der Waals surface area contributed by atoms with Crippen molar-refractivity contribution in [3.05, 3.63) is 46.2 Å². The molecule has 30 heavy (non-hydrogen) atoms. The normalized spacial score (nSPS) is 10.8. The number of nitrogens with one attached hydrogen (secondary N) is 2. The van der Waals surface area contributed by atoms with Crippen LogP contribution in [0.25, 0.3) is 0 Å². The van der Waals surface area contributed by atoms with Crippen LogP contribution >= 0.6 is 0 Å². The molecule has 3 rings (SSSR count). The van der Waals surface area contributed by atoms with Crippen molar-refractivity contribution in [2.75, 3.05) is 10.6 Å². The van der Waals surface area contributed by atoms with Gasteiger partial charge in [-0.3, -0.25) is 19.0 Å². The first-order chi connectivity index (χ1) is 14.3. The Morgan fingerprint density at radius 2 is 1.93 bits per heavy atom. The van der Waals surface area contributed by atoms with Crippen LogP contribution in [-0.2, 0) is 24.9 Å². The lowest BCUT2D eigenvalue weighted by Gasteiger charge is -2.10. The molecule has 0 unspecified atom stereocenters. The lowest BCUT2D eigenvalue weighted by Crippen LogP contribution is -2.21. The lowest BCUT2D eigenvalue weighted by atomic mass is 10.3. The number of rotatable bonds is 8. The molecule has 13 nitrogen and oxygen atoms in total. The van der Waals surface area contributed by atoms with E-state index in [9.17, 15) is 19.7 Å². The van der Waals surface area contributed by atoms with E-state index in [0.717, 1.165) is 5.69 Å². The summed E-state index contributed by atoms with van der Waals surface area (Å²) < 4.78 is 4.43. The molecular formula is C17H21N9O4. The minimum atomic E-state index is -0.607. The maximum atomic E-state index is 12.8. The van der Waals surface area contributed by atoms with E-state index >= 15 is 0 Å². The summed E-state index contributed by atoms with van der Waals surface area (Å²) in [6, 6.07) is 1.26. The van der Waals surface area contributed by atoms with Crippen molar-refractivity contribution < 1.29 is 14.5 Å². The number of carbonyl (C=O) groups excluding carboxylic acids is 2. The molecule has 0 aliphatic carbocycles. The average molecular weight is 415 g/mol. The number of nitro groups is 1. The van der Waals surface area contributed by atoms with Gasteiger partial charge >= 0.3 is 5.82 Å². The van der Waals surface area contributed by atoms with Crippen LogP contribution in [0.3, 0.4) is 0 Å². The van der Waals surface area contributed by atoms with Crippen LogP contribution in [0, 0.1) is 17.0 Å². The van der Waals surface area contributed by atoms with Crippen molar-refractivity contribution in [2.24, 2.45) is 7.05 Å². The van der Waals surface area contributed by atoms with Gasteiger partial charge in [0, 0.05) is 20.0 Å². The SMILES string of the molecule is CCn1ncc(NC(=O)CCn2ccc([N+](=O)[O-])n2)c1C(=O)Nc1cnn(C)c1C. The Kier molecular flexibility index (Phi) is 5.90. The zero-order valence-corrected chi connectivity index (χ0v) is 16.7. The Balaban J connectivity index is 1.69. The molecule has 3 aromatic heterocycles. The zero-order chi connectivity index (χ0) is 21.8. The van der Waals surface area contributed by atoms with E-state index in [1.807, 2.05) is 13.8 Å². The molecule has 0 aliphatic heterocycles. The average Bonchev–Trinajstić information content (AvgIpc) is 3.42. The molecule has 0 saturated heterocycles. The Hall–Kier alpha value is -4.03. The van der Waals surface area contributed by atoms with Gasteiger partial charge in [-0.25, -0.2) is 0 Å². The predicted octanol–water partition coefficient (Wildman–Crippen LogP) is 1.33. The van der Waals surface area contributed by atoms with Crippen molar-refractivity contribution in [3.8, 4) is 0 Å². The first kappa shape index (κ1) is 20.7. The van der Waals surface area contributed by atoms with E-state index in [4.69, 9.17) is 0 Å². The summed E-state index contributed by atoms with van der Waals surface area (Å²) in [6.07, 6.45) is 4.39. The van der Waals surface area contributed by atoms with E-state index in [1.165, 1.54) is 27.8 Å². The molecule has 13 heteroatoms. The van der Waals surface area contributed by atoms with Gasteiger partial charge in [0.2, 0.25) is 5.91 Å². The van der Waals surface area contributed by atoms with E-state index in [2.05, 4.69) is 25.9 Å². The number of nitrogens with zero attached hydrogens (tertiary/aromatic N) is 7. The van der Waals surface area contributed by atoms with E-state index in [-0.39, 0.29) is 36.1 Å². The van der Waals surface area contributed by atoms with E-state index < -0.39 is 10.8 Å². The van der Waals surface area contributed by atoms with Crippen LogP contribution in [0.4, 0.5) is 17.2 Å². The number of amides is 2. The third-order valence-corrected chi connectivity index (χ3v) is 4.49. The van der Waals surface area contributed by atoms with Gasteiger partial charge in [0.1, 0.15) is 5.69 Å². The highest BCUT2D eigenvalue weighted by molar-refractivity contribution is 6.09. The third kappa shape index (κ3) is 4.34. The number of anilines is 2.